The summed E-state index contributed by atoms with van der Waals surface area (Å²) in [6.07, 6.45) is 0.913. The number of thiocarbonyl (C=S) groups is 1. The van der Waals surface area contributed by atoms with Gasteiger partial charge in [0.05, 0.1) is 6.54 Å². The SMILES string of the molecule is CN(C)C(=O)CN(C)C(=S)NCCc1ccccc1. The van der Waals surface area contributed by atoms with E-state index in [2.05, 4.69) is 17.4 Å². The summed E-state index contributed by atoms with van der Waals surface area (Å²) >= 11 is 5.24. The summed E-state index contributed by atoms with van der Waals surface area (Å²) < 4.78 is 0. The number of amides is 1. The van der Waals surface area contributed by atoms with E-state index < -0.39 is 0 Å². The van der Waals surface area contributed by atoms with Gasteiger partial charge in [-0.25, -0.2) is 0 Å². The van der Waals surface area contributed by atoms with Gasteiger partial charge in [0, 0.05) is 27.7 Å². The van der Waals surface area contributed by atoms with Crippen molar-refractivity contribution in [1.82, 2.24) is 15.1 Å². The minimum atomic E-state index is 0.0368. The van der Waals surface area contributed by atoms with Crippen LogP contribution in [0.2, 0.25) is 0 Å². The van der Waals surface area contributed by atoms with Crippen LogP contribution in [0.4, 0.5) is 0 Å². The van der Waals surface area contributed by atoms with E-state index in [-0.39, 0.29) is 5.91 Å². The second kappa shape index (κ2) is 7.74. The van der Waals surface area contributed by atoms with Gasteiger partial charge in [-0.1, -0.05) is 30.3 Å². The third-order valence-corrected chi connectivity index (χ3v) is 3.21. The fraction of sp³-hybridized carbons (Fsp3) is 0.429. The lowest BCUT2D eigenvalue weighted by Gasteiger charge is -2.22. The highest BCUT2D eigenvalue weighted by Gasteiger charge is 2.10. The summed E-state index contributed by atoms with van der Waals surface area (Å²) in [7, 11) is 5.29. The van der Waals surface area contributed by atoms with Crippen LogP contribution in [0.3, 0.4) is 0 Å². The zero-order chi connectivity index (χ0) is 14.3. The highest BCUT2D eigenvalue weighted by molar-refractivity contribution is 7.80. The molecule has 1 aromatic rings. The first-order chi connectivity index (χ1) is 9.00. The Morgan fingerprint density at radius 1 is 1.21 bits per heavy atom. The molecule has 104 valence electrons. The zero-order valence-corrected chi connectivity index (χ0v) is 12.5. The molecule has 0 saturated carbocycles. The van der Waals surface area contributed by atoms with Crippen molar-refractivity contribution >= 4 is 23.2 Å². The van der Waals surface area contributed by atoms with Crippen LogP contribution in [-0.2, 0) is 11.2 Å². The number of carbonyl (C=O) groups excluding carboxylic acids is 1. The Morgan fingerprint density at radius 2 is 1.84 bits per heavy atom. The van der Waals surface area contributed by atoms with E-state index in [0.29, 0.717) is 11.7 Å². The number of nitrogens with zero attached hydrogens (tertiary/aromatic N) is 2. The van der Waals surface area contributed by atoms with E-state index >= 15 is 0 Å². The summed E-state index contributed by atoms with van der Waals surface area (Å²) in [5.74, 6) is 0.0368. The smallest absolute Gasteiger partial charge is 0.241 e. The second-order valence-electron chi connectivity index (χ2n) is 4.61. The minimum absolute atomic E-state index is 0.0368. The monoisotopic (exact) mass is 279 g/mol. The maximum absolute atomic E-state index is 11.5. The molecule has 0 aliphatic rings. The summed E-state index contributed by atoms with van der Waals surface area (Å²) in [4.78, 5) is 14.9. The quantitative estimate of drug-likeness (QED) is 0.820. The van der Waals surface area contributed by atoms with Crippen LogP contribution in [0.15, 0.2) is 30.3 Å². The maximum Gasteiger partial charge on any atom is 0.241 e. The van der Waals surface area contributed by atoms with Gasteiger partial charge < -0.3 is 15.1 Å². The largest absolute Gasteiger partial charge is 0.362 e. The second-order valence-corrected chi connectivity index (χ2v) is 5.00. The highest BCUT2D eigenvalue weighted by atomic mass is 32.1. The average Bonchev–Trinajstić information content (AvgIpc) is 2.39. The lowest BCUT2D eigenvalue weighted by Crippen LogP contribution is -2.43. The Labute approximate surface area is 120 Å². The van der Waals surface area contributed by atoms with Crippen LogP contribution >= 0.6 is 12.2 Å². The van der Waals surface area contributed by atoms with Crippen LogP contribution in [0, 0.1) is 0 Å². The molecule has 0 radical (unpaired) electrons. The van der Waals surface area contributed by atoms with Crippen LogP contribution < -0.4 is 5.32 Å². The van der Waals surface area contributed by atoms with E-state index in [9.17, 15) is 4.79 Å². The number of benzene rings is 1. The first kappa shape index (κ1) is 15.4. The van der Waals surface area contributed by atoms with Gasteiger partial charge in [0.2, 0.25) is 5.91 Å². The molecule has 1 N–H and O–H groups in total. The molecule has 0 unspecified atom stereocenters. The summed E-state index contributed by atoms with van der Waals surface area (Å²) in [5, 5.41) is 3.76. The summed E-state index contributed by atoms with van der Waals surface area (Å²) in [5.41, 5.74) is 1.27. The first-order valence-corrected chi connectivity index (χ1v) is 6.64. The Bertz CT molecular complexity index is 420. The average molecular weight is 279 g/mol. The zero-order valence-electron chi connectivity index (χ0n) is 11.7. The first-order valence-electron chi connectivity index (χ1n) is 6.23. The normalized spacial score (nSPS) is 9.84. The van der Waals surface area contributed by atoms with Crippen molar-refractivity contribution in [3.63, 3.8) is 0 Å². The van der Waals surface area contributed by atoms with E-state index in [1.165, 1.54) is 5.56 Å². The van der Waals surface area contributed by atoms with Crippen LogP contribution in [-0.4, -0.2) is 55.1 Å². The topological polar surface area (TPSA) is 35.6 Å². The van der Waals surface area contributed by atoms with E-state index in [1.54, 1.807) is 23.9 Å². The Balaban J connectivity index is 2.29. The number of carbonyl (C=O) groups is 1. The molecule has 0 atom stereocenters. The minimum Gasteiger partial charge on any atom is -0.362 e. The van der Waals surface area contributed by atoms with Crippen molar-refractivity contribution in [2.24, 2.45) is 0 Å². The lowest BCUT2D eigenvalue weighted by atomic mass is 10.1. The molecular weight excluding hydrogens is 258 g/mol. The third kappa shape index (κ3) is 5.70. The van der Waals surface area contributed by atoms with Gasteiger partial charge in [-0.15, -0.1) is 0 Å². The Morgan fingerprint density at radius 3 is 2.42 bits per heavy atom. The van der Waals surface area contributed by atoms with Crippen LogP contribution in [0.1, 0.15) is 5.56 Å². The van der Waals surface area contributed by atoms with Gasteiger partial charge >= 0.3 is 0 Å². The van der Waals surface area contributed by atoms with Crippen LogP contribution in [0.25, 0.3) is 0 Å². The van der Waals surface area contributed by atoms with Crippen molar-refractivity contribution in [2.75, 3.05) is 34.2 Å². The molecule has 0 heterocycles. The van der Waals surface area contributed by atoms with Gasteiger partial charge in [-0.3, -0.25) is 4.79 Å². The molecule has 0 aliphatic heterocycles. The predicted molar refractivity (Wildman–Crippen MR) is 82.1 cm³/mol. The molecule has 0 spiro atoms. The van der Waals surface area contributed by atoms with Gasteiger partial charge in [0.15, 0.2) is 5.11 Å². The predicted octanol–water partition coefficient (Wildman–Crippen LogP) is 1.12. The van der Waals surface area contributed by atoms with Gasteiger partial charge in [-0.2, -0.15) is 0 Å². The molecule has 1 aromatic carbocycles. The molecule has 19 heavy (non-hydrogen) atoms. The standard InChI is InChI=1S/C14H21N3OS/c1-16(2)13(18)11-17(3)14(19)15-10-9-12-7-5-4-6-8-12/h4-8H,9-11H2,1-3H3,(H,15,19). The van der Waals surface area contributed by atoms with E-state index in [4.69, 9.17) is 12.2 Å². The molecule has 5 heteroatoms. The number of likely N-dealkylation sites (N-methyl/N-ethyl adjacent to an activating group) is 2. The van der Waals surface area contributed by atoms with Crippen molar-refractivity contribution in [3.05, 3.63) is 35.9 Å². The molecule has 0 bridgehead atoms. The van der Waals surface area contributed by atoms with E-state index in [0.717, 1.165) is 13.0 Å². The lowest BCUT2D eigenvalue weighted by molar-refractivity contribution is -0.128. The molecule has 1 rings (SSSR count). The molecule has 0 aromatic heterocycles. The van der Waals surface area contributed by atoms with Gasteiger partial charge in [-0.05, 0) is 24.2 Å². The number of hydrogen-bond donors (Lipinski definition) is 1. The van der Waals surface area contributed by atoms with Crippen LogP contribution in [0.5, 0.6) is 0 Å². The molecule has 1 amide bonds. The van der Waals surface area contributed by atoms with Gasteiger partial charge in [0.25, 0.3) is 0 Å². The number of hydrogen-bond acceptors (Lipinski definition) is 2. The third-order valence-electron chi connectivity index (χ3n) is 2.75. The van der Waals surface area contributed by atoms with E-state index in [1.807, 2.05) is 25.2 Å². The highest BCUT2D eigenvalue weighted by Crippen LogP contribution is 1.98. The fourth-order valence-corrected chi connectivity index (χ4v) is 1.68. The fourth-order valence-electron chi connectivity index (χ4n) is 1.51. The van der Waals surface area contributed by atoms with Gasteiger partial charge in [0.1, 0.15) is 0 Å². The number of rotatable bonds is 5. The molecular formula is C14H21N3OS. The molecule has 0 fully saturated rings. The van der Waals surface area contributed by atoms with Crippen molar-refractivity contribution < 1.29 is 4.79 Å². The number of nitrogens with one attached hydrogen (secondary N) is 1. The molecule has 0 aliphatic carbocycles. The summed E-state index contributed by atoms with van der Waals surface area (Å²) in [6.45, 7) is 1.06. The van der Waals surface area contributed by atoms with Crippen molar-refractivity contribution in [3.8, 4) is 0 Å². The van der Waals surface area contributed by atoms with Crippen molar-refractivity contribution in [1.29, 1.82) is 0 Å². The molecule has 0 saturated heterocycles. The Kier molecular flexibility index (Phi) is 6.29. The molecule has 4 nitrogen and oxygen atoms in total. The van der Waals surface area contributed by atoms with Crippen molar-refractivity contribution in [2.45, 2.75) is 6.42 Å². The Hall–Kier alpha value is -1.62. The maximum atomic E-state index is 11.5. The summed E-state index contributed by atoms with van der Waals surface area (Å²) in [6, 6.07) is 10.2.